The number of hydrogen-bond donors (Lipinski definition) is 3. The fraction of sp³-hybridized carbons (Fsp3) is 0.544. The second-order valence-corrected chi connectivity index (χ2v) is 28.1. The third-order valence-electron chi connectivity index (χ3n) is 16.5. The molecule has 5 nitrogen and oxygen atoms in total. The molecule has 0 atom stereocenters. The standard InChI is InChI=1S/C57H83O5PS/c1-20-52(7,8)39-28-37-30-46(54(11,12)22-3)44(35-42(37)47(32-39)55(13,14)23-4)45-34-41(64(19,61)62)26-27-50(45)63(58,59,60)51-36-43-38(31-49(51)57(17,18)25-6)29-40(53(9,10)21-2)33-48(43)56(15,16)24-5/h26-36,58-60H,20-25H2,1-19H3. The third kappa shape index (κ3) is 9.27. The van der Waals surface area contributed by atoms with Crippen LogP contribution in [0.2, 0.25) is 0 Å². The molecule has 0 bridgehead atoms. The first-order valence-corrected chi connectivity index (χ1v) is 27.9. The quantitative estimate of drug-likeness (QED) is 0.0857. The zero-order valence-corrected chi connectivity index (χ0v) is 44.8. The summed E-state index contributed by atoms with van der Waals surface area (Å²) in [5, 5.41) is 3.99. The van der Waals surface area contributed by atoms with Crippen LogP contribution in [0.4, 0.5) is 0 Å². The SMILES string of the molecule is CCC(C)(C)c1cc(C(C)(C)CC)c2cc(-c3cc(S(C)(=O)=O)ccc3P(O)(O)(O)c3cc4c(C(C)(C)CC)cc(C(C)(C)CC)cc4cc3C(C)(C)CC)c(C(C)(C)CC)cc2c1. The zero-order chi connectivity index (χ0) is 48.6. The molecular weight excluding hydrogens is 828 g/mol. The van der Waals surface area contributed by atoms with Gasteiger partial charge in [-0.3, -0.25) is 0 Å². The predicted molar refractivity (Wildman–Crippen MR) is 279 cm³/mol. The van der Waals surface area contributed by atoms with Crippen LogP contribution < -0.4 is 10.6 Å². The van der Waals surface area contributed by atoms with Gasteiger partial charge in [0, 0.05) is 0 Å². The first kappa shape index (κ1) is 51.9. The Hall–Kier alpha value is -3.12. The predicted octanol–water partition coefficient (Wildman–Crippen LogP) is 14.4. The molecule has 0 aliphatic carbocycles. The van der Waals surface area contributed by atoms with Gasteiger partial charge in [0.2, 0.25) is 0 Å². The van der Waals surface area contributed by atoms with E-state index in [1.54, 1.807) is 6.07 Å². The van der Waals surface area contributed by atoms with E-state index in [9.17, 15) is 23.1 Å². The van der Waals surface area contributed by atoms with Crippen molar-refractivity contribution < 1.29 is 23.1 Å². The Bertz CT molecular complexity index is 2700. The Labute approximate surface area is 388 Å². The van der Waals surface area contributed by atoms with E-state index in [2.05, 4.69) is 167 Å². The summed E-state index contributed by atoms with van der Waals surface area (Å²) in [4.78, 5) is 40.4. The molecule has 0 aliphatic rings. The second kappa shape index (κ2) is 16.9. The van der Waals surface area contributed by atoms with E-state index in [-0.39, 0.29) is 37.2 Å². The van der Waals surface area contributed by atoms with Crippen molar-refractivity contribution in [3.05, 3.63) is 100 Å². The molecular formula is C57H83O5PS. The van der Waals surface area contributed by atoms with Crippen molar-refractivity contribution in [3.8, 4) is 11.1 Å². The van der Waals surface area contributed by atoms with Crippen LogP contribution in [0.15, 0.2) is 71.6 Å². The number of rotatable bonds is 16. The average molecular weight is 911 g/mol. The fourth-order valence-electron chi connectivity index (χ4n) is 9.00. The van der Waals surface area contributed by atoms with Crippen LogP contribution in [-0.4, -0.2) is 29.4 Å². The Balaban J connectivity index is 2.08. The minimum absolute atomic E-state index is 0.0402. The fourth-order valence-corrected chi connectivity index (χ4v) is 12.1. The van der Waals surface area contributed by atoms with Crippen molar-refractivity contribution in [1.82, 2.24) is 0 Å². The van der Waals surface area contributed by atoms with E-state index in [4.69, 9.17) is 0 Å². The van der Waals surface area contributed by atoms with Gasteiger partial charge in [0.05, 0.1) is 0 Å². The summed E-state index contributed by atoms with van der Waals surface area (Å²) < 4.78 is 27.1. The van der Waals surface area contributed by atoms with Gasteiger partial charge in [0.1, 0.15) is 0 Å². The summed E-state index contributed by atoms with van der Waals surface area (Å²) in [5.74, 6) is 0. The molecule has 0 heterocycles. The van der Waals surface area contributed by atoms with E-state index in [0.29, 0.717) is 23.1 Å². The van der Waals surface area contributed by atoms with Crippen LogP contribution in [0.5, 0.6) is 0 Å². The van der Waals surface area contributed by atoms with Crippen molar-refractivity contribution >= 4 is 49.3 Å². The maximum atomic E-state index is 13.5. The molecule has 64 heavy (non-hydrogen) atoms. The van der Waals surface area contributed by atoms with Crippen molar-refractivity contribution in [3.63, 3.8) is 0 Å². The molecule has 0 aliphatic heterocycles. The average Bonchev–Trinajstić information content (AvgIpc) is 3.23. The molecule has 0 aromatic heterocycles. The van der Waals surface area contributed by atoms with Crippen LogP contribution in [-0.2, 0) is 42.3 Å². The molecule has 7 heteroatoms. The van der Waals surface area contributed by atoms with E-state index in [0.717, 1.165) is 64.8 Å². The molecule has 352 valence electrons. The van der Waals surface area contributed by atoms with Gasteiger partial charge in [-0.15, -0.1) is 0 Å². The molecule has 0 radical (unpaired) electrons. The van der Waals surface area contributed by atoms with Crippen LogP contribution >= 0.6 is 7.28 Å². The molecule has 5 rings (SSSR count). The van der Waals surface area contributed by atoms with Gasteiger partial charge in [-0.2, -0.15) is 0 Å². The van der Waals surface area contributed by atoms with E-state index in [1.165, 1.54) is 35.1 Å². The molecule has 5 aromatic carbocycles. The molecule has 0 fully saturated rings. The summed E-state index contributed by atoms with van der Waals surface area (Å²) in [6, 6.07) is 22.0. The van der Waals surface area contributed by atoms with Gasteiger partial charge < -0.3 is 0 Å². The maximum absolute atomic E-state index is 13.5. The number of hydrogen-bond acceptors (Lipinski definition) is 5. The Morgan fingerprint density at radius 1 is 0.422 bits per heavy atom. The van der Waals surface area contributed by atoms with Gasteiger partial charge in [-0.05, 0) is 0 Å². The summed E-state index contributed by atoms with van der Waals surface area (Å²) >= 11 is 0. The molecule has 0 unspecified atom stereocenters. The van der Waals surface area contributed by atoms with Gasteiger partial charge >= 0.3 is 390 Å². The van der Waals surface area contributed by atoms with E-state index in [1.807, 2.05) is 6.07 Å². The van der Waals surface area contributed by atoms with Crippen LogP contribution in [0.25, 0.3) is 32.7 Å². The zero-order valence-electron chi connectivity index (χ0n) is 43.1. The summed E-state index contributed by atoms with van der Waals surface area (Å²) in [6.45, 7) is 39.7. The monoisotopic (exact) mass is 911 g/mol. The molecule has 0 saturated carbocycles. The topological polar surface area (TPSA) is 94.8 Å². The number of benzene rings is 5. The molecule has 5 aromatic rings. The van der Waals surface area contributed by atoms with Crippen molar-refractivity contribution in [2.75, 3.05) is 6.26 Å². The normalized spacial score (nSPS) is 14.6. The van der Waals surface area contributed by atoms with Crippen molar-refractivity contribution in [2.24, 2.45) is 0 Å². The Morgan fingerprint density at radius 2 is 0.797 bits per heavy atom. The van der Waals surface area contributed by atoms with Crippen LogP contribution in [0.3, 0.4) is 0 Å². The minimum atomic E-state index is -6.18. The van der Waals surface area contributed by atoms with Crippen LogP contribution in [0.1, 0.15) is 197 Å². The third-order valence-corrected chi connectivity index (χ3v) is 20.2. The van der Waals surface area contributed by atoms with E-state index < -0.39 is 28.0 Å². The summed E-state index contributed by atoms with van der Waals surface area (Å²) in [5.41, 5.74) is 5.63. The summed E-state index contributed by atoms with van der Waals surface area (Å²) in [6.07, 6.45) is 6.25. The van der Waals surface area contributed by atoms with Crippen LogP contribution in [0, 0.1) is 0 Å². The first-order chi connectivity index (χ1) is 29.1. The molecule has 3 N–H and O–H groups in total. The number of sulfone groups is 1. The van der Waals surface area contributed by atoms with Crippen molar-refractivity contribution in [1.29, 1.82) is 0 Å². The summed E-state index contributed by atoms with van der Waals surface area (Å²) in [7, 11) is -9.96. The first-order valence-electron chi connectivity index (χ1n) is 24.0. The van der Waals surface area contributed by atoms with E-state index >= 15 is 0 Å². The Morgan fingerprint density at radius 3 is 1.20 bits per heavy atom. The van der Waals surface area contributed by atoms with Crippen molar-refractivity contribution in [2.45, 2.75) is 201 Å². The van der Waals surface area contributed by atoms with Gasteiger partial charge in [-0.25, -0.2) is 0 Å². The Kier molecular flexibility index (Phi) is 13.7. The molecule has 0 amide bonds. The second-order valence-electron chi connectivity index (χ2n) is 23.1. The van der Waals surface area contributed by atoms with Gasteiger partial charge in [0.25, 0.3) is 0 Å². The number of fused-ring (bicyclic) bond motifs is 2. The van der Waals surface area contributed by atoms with Gasteiger partial charge in [0.15, 0.2) is 0 Å². The van der Waals surface area contributed by atoms with Gasteiger partial charge in [-0.1, -0.05) is 0 Å². The molecule has 0 saturated heterocycles. The molecule has 0 spiro atoms.